The Hall–Kier alpha value is -8.90. The largest absolute Gasteiger partial charge is 0.419 e. The maximum Gasteiger partial charge on any atom is 0.419 e. The number of nitrogens with zero attached hydrogens (tertiary/aromatic N) is 16. The molecule has 5 saturated heterocycles. The highest BCUT2D eigenvalue weighted by Crippen LogP contribution is 2.52. The number of carbonyl (C=O) groups excluding carboxylic acids is 5. The van der Waals surface area contributed by atoms with Crippen molar-refractivity contribution in [3.8, 4) is 0 Å². The van der Waals surface area contributed by atoms with Crippen LogP contribution in [0, 0.1) is 34.6 Å². The minimum Gasteiger partial charge on any atom is -0.355 e. The van der Waals surface area contributed by atoms with E-state index in [1.807, 2.05) is 13.8 Å². The molecule has 2 saturated carbocycles. The van der Waals surface area contributed by atoms with Crippen molar-refractivity contribution >= 4 is 208 Å². The van der Waals surface area contributed by atoms with Crippen LogP contribution in [0.15, 0.2) is 39.9 Å². The van der Waals surface area contributed by atoms with E-state index in [4.69, 9.17) is 59.5 Å². The molecular formula is C75H77Br2Cl3F9N25O5S5. The highest BCUT2D eigenvalue weighted by molar-refractivity contribution is 9.10. The van der Waals surface area contributed by atoms with Crippen molar-refractivity contribution in [1.29, 1.82) is 0 Å². The van der Waals surface area contributed by atoms with E-state index in [1.54, 1.807) is 12.4 Å². The summed E-state index contributed by atoms with van der Waals surface area (Å²) in [5.74, 6) is -2.95. The summed E-state index contributed by atoms with van der Waals surface area (Å²) in [4.78, 5) is 124. The van der Waals surface area contributed by atoms with Gasteiger partial charge >= 0.3 is 18.5 Å². The predicted molar refractivity (Wildman–Crippen MR) is 460 cm³/mol. The van der Waals surface area contributed by atoms with Crippen molar-refractivity contribution in [3.05, 3.63) is 137 Å². The fourth-order valence-electron chi connectivity index (χ4n) is 12.4. The van der Waals surface area contributed by atoms with Gasteiger partial charge in [0.15, 0.2) is 15.5 Å². The lowest BCUT2D eigenvalue weighted by molar-refractivity contribution is -0.139. The Morgan fingerprint density at radius 2 is 0.661 bits per heavy atom. The normalized spacial score (nSPS) is 24.5. The number of halogens is 14. The van der Waals surface area contributed by atoms with Crippen molar-refractivity contribution < 1.29 is 88.2 Å². The van der Waals surface area contributed by atoms with E-state index >= 15 is 0 Å². The number of likely N-dealkylation sites (N-methyl/N-ethyl adjacent to an activating group) is 1. The van der Waals surface area contributed by atoms with Gasteiger partial charge < -0.3 is 52.8 Å². The molecule has 0 bridgehead atoms. The number of alkyl halides is 9. The number of hydrogen-bond donors (Lipinski definition) is 9. The summed E-state index contributed by atoms with van der Waals surface area (Å²) in [6, 6.07) is 0. The van der Waals surface area contributed by atoms with Crippen LogP contribution in [0.25, 0.3) is 0 Å². The van der Waals surface area contributed by atoms with Crippen molar-refractivity contribution in [2.24, 2.45) is 0 Å². The van der Waals surface area contributed by atoms with E-state index < -0.39 is 133 Å². The molecule has 10 aromatic heterocycles. The molecule has 49 heteroatoms. The number of anilines is 10. The Bertz CT molecular complexity index is 6240. The summed E-state index contributed by atoms with van der Waals surface area (Å²) in [7, 11) is 0. The van der Waals surface area contributed by atoms with Gasteiger partial charge in [0, 0.05) is 107 Å². The van der Waals surface area contributed by atoms with Gasteiger partial charge in [0.2, 0.25) is 59.3 Å². The highest BCUT2D eigenvalue weighted by atomic mass is 79.9. The quantitative estimate of drug-likeness (QED) is 0.0382. The van der Waals surface area contributed by atoms with Crippen LogP contribution in [0.5, 0.6) is 0 Å². The maximum atomic E-state index is 13.0. The lowest BCUT2D eigenvalue weighted by Crippen LogP contribution is -2.33. The molecule has 30 nitrogen and oxygen atoms in total. The zero-order valence-electron chi connectivity index (χ0n) is 82.5. The van der Waals surface area contributed by atoms with Crippen LogP contribution in [0.1, 0.15) is 210 Å². The van der Waals surface area contributed by atoms with E-state index in [2.05, 4.69) is 154 Å². The third kappa shape index (κ3) is 20.1. The van der Waals surface area contributed by atoms with Gasteiger partial charge in [0.05, 0.1) is 92.6 Å². The zero-order chi connectivity index (χ0) is 105. The average Bonchev–Trinajstić information content (AvgIpc) is 1.30. The number of likely N-dealkylation sites (tertiary alicyclic amines) is 1. The van der Waals surface area contributed by atoms with Crippen LogP contribution in [0.2, 0.25) is 15.5 Å². The minimum absolute atomic E-state index is 0.00964. The molecule has 5 amide bonds. The van der Waals surface area contributed by atoms with E-state index in [-0.39, 0.29) is 157 Å². The second-order valence-corrected chi connectivity index (χ2v) is 36.4. The zero-order valence-corrected chi connectivity index (χ0v) is 74.0. The van der Waals surface area contributed by atoms with Crippen LogP contribution in [0.3, 0.4) is 0 Å². The van der Waals surface area contributed by atoms with Crippen LogP contribution in [0.4, 0.5) is 94.3 Å². The van der Waals surface area contributed by atoms with Crippen molar-refractivity contribution in [2.45, 2.75) is 184 Å². The highest BCUT2D eigenvalue weighted by Gasteiger charge is 2.50. The molecule has 7 fully saturated rings. The summed E-state index contributed by atoms with van der Waals surface area (Å²) in [5, 5.41) is 26.5. The molecule has 0 radical (unpaired) electrons. The van der Waals surface area contributed by atoms with E-state index in [0.717, 1.165) is 98.3 Å². The van der Waals surface area contributed by atoms with Crippen molar-refractivity contribution in [1.82, 2.24) is 101 Å². The van der Waals surface area contributed by atoms with Crippen LogP contribution in [-0.2, 0) is 69.6 Å². The summed E-state index contributed by atoms with van der Waals surface area (Å²) in [6.45, 7) is -8.08. The Morgan fingerprint density at radius 3 is 0.903 bits per heavy atom. The molecule has 660 valence electrons. The van der Waals surface area contributed by atoms with E-state index in [9.17, 15) is 63.5 Å². The monoisotopic (exact) mass is 2020 g/mol. The summed E-state index contributed by atoms with van der Waals surface area (Å²) >= 11 is 29.8. The lowest BCUT2D eigenvalue weighted by atomic mass is 9.90. The van der Waals surface area contributed by atoms with E-state index in [1.165, 1.54) is 13.8 Å². The molecule has 17 rings (SSSR count). The topological polar surface area (TPSA) is 390 Å². The molecule has 0 spiro atoms. The number of amides is 5. The molecule has 7 aliphatic rings. The molecule has 2 aliphatic carbocycles. The Morgan fingerprint density at radius 1 is 0.395 bits per heavy atom. The Kier molecular flexibility index (Phi) is 20.7. The third-order valence-corrected chi connectivity index (χ3v) is 28.1. The molecule has 10 aromatic rings. The smallest absolute Gasteiger partial charge is 0.355 e. The number of rotatable bonds is 17. The third-order valence-electron chi connectivity index (χ3n) is 19.7. The van der Waals surface area contributed by atoms with Crippen molar-refractivity contribution in [2.75, 3.05) is 66.3 Å². The van der Waals surface area contributed by atoms with Gasteiger partial charge in [-0.2, -0.15) is 39.5 Å². The van der Waals surface area contributed by atoms with E-state index in [0.29, 0.717) is 78.1 Å². The van der Waals surface area contributed by atoms with Gasteiger partial charge in [-0.05, 0) is 159 Å². The number of nitrogens with one attached hydrogen (secondary N) is 9. The predicted octanol–water partition coefficient (Wildman–Crippen LogP) is 17.5. The van der Waals surface area contributed by atoms with Gasteiger partial charge in [-0.25, -0.2) is 74.8 Å². The second-order valence-electron chi connectivity index (χ2n) is 28.6. The summed E-state index contributed by atoms with van der Waals surface area (Å²) in [5.41, 5.74) is -10.1. The van der Waals surface area contributed by atoms with Gasteiger partial charge in [0.1, 0.15) is 50.0 Å². The Balaban J connectivity index is 0.000000150. The standard InChI is InChI=1S/2C17H18F3N5OS.C15H15ClF3N5OS.2C13H13BrClN5OS/c2*1-8-10(17(18,19)20)7-22-15(23-8)25-12-11(9-3-4-9)24-14(27-12)16(2)5-6-21-13(16)26;1-7-8(15(17,18)19)6-20-13(21-7)23-10-9(16)22-11(26-10)14(2)4-5-24(3)12(14)25;2*1-6-7(14)5-17-12(18-6)20-9-8(15)19-11(22-9)13(2)3-4-16-10(13)21/h2*7,9H,3-6H2,1-2H3,(H,21,26)(H,22,23,25);6H,4-5H2,1-3H3,(H,20,21,23);2*5H,3-4H2,1-2H3,(H,16,21)(H,17,18,20)/t2*16-;14-;2*13-/m10010/s1/i2*2D3;2D3,3D3;2*2D3. The molecule has 124 heavy (non-hydrogen) atoms. The molecule has 5 atom stereocenters. The molecule has 9 N–H and O–H groups in total. The first-order chi connectivity index (χ1) is 65.6. The maximum absolute atomic E-state index is 13.0. The molecule has 5 aliphatic heterocycles. The number of thiazole rings is 5. The summed E-state index contributed by atoms with van der Waals surface area (Å²) in [6.07, 6.45) is -5.00. The molecular weight excluding hydrogens is 1930 g/mol. The van der Waals surface area contributed by atoms with Gasteiger partial charge in [-0.3, -0.25) is 24.0 Å². The second kappa shape index (κ2) is 36.1. The number of hydrogen-bond acceptors (Lipinski definition) is 30. The Labute approximate surface area is 779 Å². The fourth-order valence-corrected chi connectivity index (χ4v) is 18.9. The number of carbonyl (C=O) groups is 5. The molecule has 0 unspecified atom stereocenters. The lowest BCUT2D eigenvalue weighted by Gasteiger charge is -2.18. The van der Waals surface area contributed by atoms with Gasteiger partial charge in [-0.15, -0.1) is 0 Å². The average molecular weight is 2020 g/mol. The first-order valence-corrected chi connectivity index (χ1v) is 43.5. The number of aryl methyl sites for hydroxylation is 5. The van der Waals surface area contributed by atoms with Gasteiger partial charge in [-0.1, -0.05) is 91.5 Å². The SMILES string of the molecule is [2H]C([2H])([2H])N1CC[C@](c2nc(Cl)c(Nc3ncc(C(F)(F)F)c(C)n3)s2)(C([2H])([2H])[2H])C1=O.[2H]C([2H])([2H])[C@@]1(c2nc(C3CC3)c(Nc3ncc(C(F)(F)F)c(C)n3)s2)CCNC1=O.[2H]C([2H])([2H])[C@@]1(c2nc(Cl)c(Nc3ncc(Br)c(C)n3)s2)CCNC1=O.[2H]C([2H])([2H])[C@]1(c2nc(C3CC3)c(Nc3ncc(C(F)(F)F)c(C)n3)s2)CCNC1=O.[2H]C([2H])([2H])[C@]1(c2nc(Cl)c(Nc3ncc(Br)c(C)n3)s2)CCNC1=O. The van der Waals surface area contributed by atoms with Crippen molar-refractivity contribution in [3.63, 3.8) is 0 Å². The van der Waals surface area contributed by atoms with Crippen LogP contribution in [-0.4, -0.2) is 149 Å². The summed E-state index contributed by atoms with van der Waals surface area (Å²) < 4.78 is 259. The van der Waals surface area contributed by atoms with Crippen LogP contribution >= 0.6 is 123 Å². The van der Waals surface area contributed by atoms with Gasteiger partial charge in [0.25, 0.3) is 0 Å². The fraction of sp³-hybridized carbons (Fsp3) is 0.467. The number of aromatic nitrogens is 15. The first-order valence-electron chi connectivity index (χ1n) is 45.7. The van der Waals surface area contributed by atoms with Crippen LogP contribution < -0.4 is 47.9 Å². The molecule has 15 heterocycles. The minimum atomic E-state index is -4.64. The first kappa shape index (κ1) is 71.2. The molecule has 0 aromatic carbocycles.